The molecular formula is C17H36N6S. The molecule has 0 amide bonds. The van der Waals surface area contributed by atoms with Crippen LogP contribution in [0.3, 0.4) is 0 Å². The van der Waals surface area contributed by atoms with Crippen molar-refractivity contribution in [3.63, 3.8) is 0 Å². The first kappa shape index (κ1) is 18.6. The van der Waals surface area contributed by atoms with Crippen LogP contribution in [-0.2, 0) is 0 Å². The summed E-state index contributed by atoms with van der Waals surface area (Å²) in [7, 11) is 5.51. The minimum Gasteiger partial charge on any atom is -0.304 e. The van der Waals surface area contributed by atoms with Crippen LogP contribution in [0.2, 0.25) is 0 Å². The fourth-order valence-electron chi connectivity index (χ4n) is 3.98. The SMILES string of the molecule is C=CS(N1CCN(C)CC1)(N1CCN(C)CC1)N1CCN(C)CC1. The maximum Gasteiger partial charge on any atom is 0.0228 e. The van der Waals surface area contributed by atoms with Gasteiger partial charge in [0, 0.05) is 78.5 Å². The lowest BCUT2D eigenvalue weighted by atomic mass is 10.4. The lowest BCUT2D eigenvalue weighted by Gasteiger charge is -2.62. The highest BCUT2D eigenvalue weighted by Gasteiger charge is 2.42. The number of hydrogen-bond acceptors (Lipinski definition) is 6. The molecule has 0 aromatic heterocycles. The number of likely N-dealkylation sites (N-methyl/N-ethyl adjacent to an activating group) is 3. The zero-order chi connectivity index (χ0) is 17.2. The van der Waals surface area contributed by atoms with E-state index in [1.807, 2.05) is 0 Å². The Hall–Kier alpha value is -0.150. The summed E-state index contributed by atoms with van der Waals surface area (Å²) in [6.45, 7) is 18.4. The molecule has 3 fully saturated rings. The maximum atomic E-state index is 4.39. The van der Waals surface area contributed by atoms with E-state index in [-0.39, 0.29) is 0 Å². The molecule has 6 nitrogen and oxygen atoms in total. The summed E-state index contributed by atoms with van der Waals surface area (Å²) in [5.41, 5.74) is 0. The molecule has 0 saturated carbocycles. The van der Waals surface area contributed by atoms with E-state index in [0.29, 0.717) is 0 Å². The van der Waals surface area contributed by atoms with Crippen LogP contribution in [0.5, 0.6) is 0 Å². The number of piperazine rings is 3. The summed E-state index contributed by atoms with van der Waals surface area (Å²) in [6, 6.07) is 0. The molecule has 0 atom stereocenters. The highest BCUT2D eigenvalue weighted by atomic mass is 32.3. The first-order chi connectivity index (χ1) is 11.6. The molecule has 3 heterocycles. The maximum absolute atomic E-state index is 4.39. The van der Waals surface area contributed by atoms with E-state index in [2.05, 4.69) is 60.7 Å². The molecule has 3 rings (SSSR count). The monoisotopic (exact) mass is 356 g/mol. The molecule has 0 bridgehead atoms. The van der Waals surface area contributed by atoms with Crippen molar-refractivity contribution in [2.75, 3.05) is 99.7 Å². The molecule has 0 aromatic rings. The van der Waals surface area contributed by atoms with Gasteiger partial charge in [-0.25, -0.2) is 12.9 Å². The third-order valence-corrected chi connectivity index (χ3v) is 9.57. The zero-order valence-electron chi connectivity index (χ0n) is 15.9. The second-order valence-electron chi connectivity index (χ2n) is 7.42. The minimum absolute atomic E-state index is 1.16. The molecule has 7 heteroatoms. The van der Waals surface area contributed by atoms with Crippen LogP contribution >= 0.6 is 10.6 Å². The summed E-state index contributed by atoms with van der Waals surface area (Å²) in [5, 5.41) is 2.33. The van der Waals surface area contributed by atoms with E-state index < -0.39 is 10.6 Å². The molecule has 3 aliphatic heterocycles. The number of nitrogens with zero attached hydrogens (tertiary/aromatic N) is 6. The van der Waals surface area contributed by atoms with E-state index in [1.54, 1.807) is 0 Å². The van der Waals surface area contributed by atoms with Crippen LogP contribution in [0.4, 0.5) is 0 Å². The molecule has 3 aliphatic rings. The Balaban J connectivity index is 1.84. The third kappa shape index (κ3) is 3.67. The second kappa shape index (κ2) is 8.03. The minimum atomic E-state index is -1.23. The fraction of sp³-hybridized carbons (Fsp3) is 0.882. The average Bonchev–Trinajstić information content (AvgIpc) is 2.60. The van der Waals surface area contributed by atoms with Crippen molar-refractivity contribution < 1.29 is 0 Å². The van der Waals surface area contributed by atoms with Gasteiger partial charge in [0.05, 0.1) is 0 Å². The summed E-state index contributed by atoms with van der Waals surface area (Å²) < 4.78 is 8.32. The average molecular weight is 357 g/mol. The van der Waals surface area contributed by atoms with Gasteiger partial charge in [0.1, 0.15) is 0 Å². The predicted octanol–water partition coefficient (Wildman–Crippen LogP) is 0.422. The van der Waals surface area contributed by atoms with Crippen LogP contribution in [0.15, 0.2) is 12.0 Å². The Morgan fingerprint density at radius 3 is 1.00 bits per heavy atom. The van der Waals surface area contributed by atoms with Gasteiger partial charge in [0.15, 0.2) is 0 Å². The smallest absolute Gasteiger partial charge is 0.0228 e. The van der Waals surface area contributed by atoms with Gasteiger partial charge >= 0.3 is 0 Å². The predicted molar refractivity (Wildman–Crippen MR) is 105 cm³/mol. The van der Waals surface area contributed by atoms with Crippen molar-refractivity contribution in [3.8, 4) is 0 Å². The second-order valence-corrected chi connectivity index (χ2v) is 10.4. The van der Waals surface area contributed by atoms with Gasteiger partial charge in [0.2, 0.25) is 0 Å². The van der Waals surface area contributed by atoms with Gasteiger partial charge in [-0.2, -0.15) is 0 Å². The molecule has 0 aromatic carbocycles. The van der Waals surface area contributed by atoms with Crippen LogP contribution in [-0.4, -0.2) is 127 Å². The summed E-state index contributed by atoms with van der Waals surface area (Å²) >= 11 is 0. The van der Waals surface area contributed by atoms with Crippen LogP contribution < -0.4 is 0 Å². The lowest BCUT2D eigenvalue weighted by molar-refractivity contribution is 0.172. The topological polar surface area (TPSA) is 19.4 Å². The highest BCUT2D eigenvalue weighted by Crippen LogP contribution is 2.59. The molecule has 140 valence electrons. The van der Waals surface area contributed by atoms with Crippen molar-refractivity contribution in [1.82, 2.24) is 27.6 Å². The normalized spacial score (nSPS) is 29.0. The van der Waals surface area contributed by atoms with Gasteiger partial charge < -0.3 is 14.7 Å². The van der Waals surface area contributed by atoms with Gasteiger partial charge in [0.25, 0.3) is 0 Å². The molecular weight excluding hydrogens is 320 g/mol. The highest BCUT2D eigenvalue weighted by molar-refractivity contribution is 8.30. The van der Waals surface area contributed by atoms with E-state index in [4.69, 9.17) is 0 Å². The quantitative estimate of drug-likeness (QED) is 0.722. The Morgan fingerprint density at radius 2 is 0.792 bits per heavy atom. The largest absolute Gasteiger partial charge is 0.304 e. The van der Waals surface area contributed by atoms with Crippen LogP contribution in [0.25, 0.3) is 0 Å². The number of hydrogen-bond donors (Lipinski definition) is 0. The Kier molecular flexibility index (Phi) is 6.24. The Bertz CT molecular complexity index is 354. The molecule has 0 aliphatic carbocycles. The molecule has 0 N–H and O–H groups in total. The molecule has 0 radical (unpaired) electrons. The number of rotatable bonds is 4. The summed E-state index contributed by atoms with van der Waals surface area (Å²) in [4.78, 5) is 7.37. The van der Waals surface area contributed by atoms with E-state index in [0.717, 1.165) is 39.3 Å². The van der Waals surface area contributed by atoms with Crippen molar-refractivity contribution in [1.29, 1.82) is 0 Å². The Morgan fingerprint density at radius 1 is 0.542 bits per heavy atom. The van der Waals surface area contributed by atoms with Crippen LogP contribution in [0, 0.1) is 0 Å². The summed E-state index contributed by atoms with van der Waals surface area (Å²) in [6.07, 6.45) is 0. The Labute approximate surface area is 150 Å². The molecule has 3 saturated heterocycles. The van der Waals surface area contributed by atoms with E-state index in [9.17, 15) is 0 Å². The van der Waals surface area contributed by atoms with Crippen molar-refractivity contribution in [2.45, 2.75) is 0 Å². The van der Waals surface area contributed by atoms with Gasteiger partial charge in [-0.3, -0.25) is 0 Å². The molecule has 0 spiro atoms. The first-order valence-corrected chi connectivity index (χ1v) is 10.9. The molecule has 24 heavy (non-hydrogen) atoms. The van der Waals surface area contributed by atoms with Crippen molar-refractivity contribution in [3.05, 3.63) is 12.0 Å². The van der Waals surface area contributed by atoms with Gasteiger partial charge in [-0.1, -0.05) is 6.58 Å². The fourth-order valence-corrected chi connectivity index (χ4v) is 7.69. The van der Waals surface area contributed by atoms with Crippen molar-refractivity contribution in [2.24, 2.45) is 0 Å². The standard InChI is InChI=1S/C17H36N6S/c1-5-24(21-12-6-18(2)7-13-21,22-14-8-19(3)9-15-22)23-16-10-20(4)11-17-23/h5H,1,6-17H2,2-4H3. The lowest BCUT2D eigenvalue weighted by Crippen LogP contribution is -2.59. The summed E-state index contributed by atoms with van der Waals surface area (Å²) in [5.74, 6) is 0. The van der Waals surface area contributed by atoms with Crippen LogP contribution in [0.1, 0.15) is 0 Å². The van der Waals surface area contributed by atoms with Gasteiger partial charge in [-0.05, 0) is 37.1 Å². The first-order valence-electron chi connectivity index (χ1n) is 9.33. The van der Waals surface area contributed by atoms with E-state index in [1.165, 1.54) is 39.3 Å². The van der Waals surface area contributed by atoms with Crippen molar-refractivity contribution >= 4 is 10.6 Å². The molecule has 0 unspecified atom stereocenters. The zero-order valence-corrected chi connectivity index (χ0v) is 16.7. The van der Waals surface area contributed by atoms with E-state index >= 15 is 0 Å². The van der Waals surface area contributed by atoms with Gasteiger partial charge in [-0.15, -0.1) is 0 Å². The third-order valence-electron chi connectivity index (χ3n) is 5.75.